The average molecular weight is 474 g/mol. The summed E-state index contributed by atoms with van der Waals surface area (Å²) < 4.78 is 3.22. The Kier molecular flexibility index (Phi) is 4.25. The summed E-state index contributed by atoms with van der Waals surface area (Å²) in [7, 11) is 0. The van der Waals surface area contributed by atoms with Gasteiger partial charge in [0.15, 0.2) is 0 Å². The first-order valence-electron chi connectivity index (χ1n) is 10.5. The lowest BCUT2D eigenvalue weighted by Crippen LogP contribution is -2.28. The van der Waals surface area contributed by atoms with Gasteiger partial charge in [-0.2, -0.15) is 10.1 Å². The summed E-state index contributed by atoms with van der Waals surface area (Å²) >= 11 is 3.48. The van der Waals surface area contributed by atoms with Crippen LogP contribution in [0.3, 0.4) is 0 Å². The maximum absolute atomic E-state index is 12.9. The molecule has 0 radical (unpaired) electrons. The van der Waals surface area contributed by atoms with Gasteiger partial charge in [0, 0.05) is 33.7 Å². The summed E-state index contributed by atoms with van der Waals surface area (Å²) in [6, 6.07) is 16.4. The highest BCUT2D eigenvalue weighted by atomic mass is 79.9. The molecule has 1 saturated carbocycles. The van der Waals surface area contributed by atoms with Crippen LogP contribution in [0.4, 0.5) is 0 Å². The van der Waals surface area contributed by atoms with Gasteiger partial charge < -0.3 is 4.57 Å². The smallest absolute Gasteiger partial charge is 0.254 e. The molecule has 0 spiro atoms. The third kappa shape index (κ3) is 2.92. The average Bonchev–Trinajstić information content (AvgIpc) is 3.53. The second-order valence-corrected chi connectivity index (χ2v) is 9.50. The van der Waals surface area contributed by atoms with E-state index in [1.54, 1.807) is 6.21 Å². The number of allylic oxidation sites excluding steroid dienone is 2. The number of aromatic nitrogens is 1. The maximum atomic E-state index is 12.9. The van der Waals surface area contributed by atoms with E-state index in [0.29, 0.717) is 0 Å². The number of carbonyl (C=O) groups is 2. The van der Waals surface area contributed by atoms with Crippen LogP contribution in [0, 0.1) is 23.7 Å². The Morgan fingerprint density at radius 1 is 0.968 bits per heavy atom. The molecule has 1 aliphatic heterocycles. The van der Waals surface area contributed by atoms with Gasteiger partial charge in [-0.05, 0) is 42.0 Å². The minimum absolute atomic E-state index is 0.151. The predicted octanol–water partition coefficient (Wildman–Crippen LogP) is 4.59. The Hall–Kier alpha value is -2.99. The SMILES string of the molecule is O=C1[C@@H]2[C@H](C(=O)N1N=Cc1cn(Cc3ccc(Br)cc3)c3ccccc13)[C@H]1C=C[C@H]2C1. The summed E-state index contributed by atoms with van der Waals surface area (Å²) in [6.07, 6.45) is 8.81. The molecule has 2 heterocycles. The standard InChI is InChI=1S/C25H20BrN3O2/c26-19-9-5-15(6-10-19)13-28-14-18(20-3-1-2-4-21(20)28)12-27-29-24(30)22-16-7-8-17(11-16)23(22)25(29)31/h1-10,12,14,16-17,22-23H,11,13H2/t16-,17-,22-,23+/m0/s1. The number of nitrogens with zero attached hydrogens (tertiary/aromatic N) is 3. The van der Waals surface area contributed by atoms with Gasteiger partial charge in [-0.15, -0.1) is 0 Å². The fourth-order valence-corrected chi connectivity index (χ4v) is 5.68. The van der Waals surface area contributed by atoms with Crippen LogP contribution in [0.5, 0.6) is 0 Å². The van der Waals surface area contributed by atoms with E-state index in [1.807, 2.05) is 36.5 Å². The fraction of sp³-hybridized carbons (Fsp3) is 0.240. The van der Waals surface area contributed by atoms with Crippen LogP contribution in [0.1, 0.15) is 17.5 Å². The molecule has 6 rings (SSSR count). The molecular weight excluding hydrogens is 454 g/mol. The van der Waals surface area contributed by atoms with E-state index >= 15 is 0 Å². The molecule has 0 unspecified atom stereocenters. The molecule has 5 nitrogen and oxygen atoms in total. The zero-order valence-corrected chi connectivity index (χ0v) is 18.3. The van der Waals surface area contributed by atoms with Crippen molar-refractivity contribution < 1.29 is 9.59 Å². The van der Waals surface area contributed by atoms with Gasteiger partial charge in [0.05, 0.1) is 18.1 Å². The van der Waals surface area contributed by atoms with Crippen molar-refractivity contribution in [1.82, 2.24) is 9.58 Å². The molecular formula is C25H20BrN3O2. The zero-order valence-electron chi connectivity index (χ0n) is 16.7. The number of rotatable bonds is 4. The third-order valence-electron chi connectivity index (χ3n) is 6.84. The minimum Gasteiger partial charge on any atom is -0.342 e. The summed E-state index contributed by atoms with van der Waals surface area (Å²) in [5.74, 6) is -0.362. The van der Waals surface area contributed by atoms with E-state index in [9.17, 15) is 9.59 Å². The van der Waals surface area contributed by atoms with Crippen LogP contribution < -0.4 is 0 Å². The van der Waals surface area contributed by atoms with Crippen molar-refractivity contribution in [1.29, 1.82) is 0 Å². The van der Waals surface area contributed by atoms with Gasteiger partial charge in [-0.25, -0.2) is 0 Å². The Bertz CT molecular complexity index is 1240. The molecule has 2 amide bonds. The summed E-state index contributed by atoms with van der Waals surface area (Å²) in [4.78, 5) is 25.8. The van der Waals surface area contributed by atoms with Crippen LogP contribution in [0.25, 0.3) is 10.9 Å². The van der Waals surface area contributed by atoms with Crippen LogP contribution >= 0.6 is 15.9 Å². The molecule has 2 bridgehead atoms. The molecule has 3 aromatic rings. The van der Waals surface area contributed by atoms with Crippen molar-refractivity contribution in [2.45, 2.75) is 13.0 Å². The summed E-state index contributed by atoms with van der Waals surface area (Å²) in [6.45, 7) is 0.725. The number of halogens is 1. The Morgan fingerprint density at radius 3 is 2.35 bits per heavy atom. The van der Waals surface area contributed by atoms with Gasteiger partial charge >= 0.3 is 0 Å². The lowest BCUT2D eigenvalue weighted by Gasteiger charge is -2.13. The van der Waals surface area contributed by atoms with E-state index in [1.165, 1.54) is 5.56 Å². The molecule has 31 heavy (non-hydrogen) atoms. The molecule has 1 aromatic heterocycles. The van der Waals surface area contributed by atoms with Gasteiger partial charge in [0.2, 0.25) is 0 Å². The van der Waals surface area contributed by atoms with Crippen LogP contribution in [-0.2, 0) is 16.1 Å². The number of amides is 2. The van der Waals surface area contributed by atoms with Gasteiger partial charge in [-0.3, -0.25) is 9.59 Å². The van der Waals surface area contributed by atoms with Crippen molar-refractivity contribution in [3.05, 3.63) is 82.5 Å². The third-order valence-corrected chi connectivity index (χ3v) is 7.37. The lowest BCUT2D eigenvalue weighted by atomic mass is 9.85. The van der Waals surface area contributed by atoms with Crippen LogP contribution in [0.15, 0.2) is 76.5 Å². The highest BCUT2D eigenvalue weighted by Gasteiger charge is 2.59. The minimum atomic E-state index is -0.224. The second-order valence-electron chi connectivity index (χ2n) is 8.59. The molecule has 0 N–H and O–H groups in total. The first kappa shape index (κ1) is 18.8. The van der Waals surface area contributed by atoms with Crippen molar-refractivity contribution in [3.63, 3.8) is 0 Å². The van der Waals surface area contributed by atoms with Crippen LogP contribution in [0.2, 0.25) is 0 Å². The summed E-state index contributed by atoms with van der Waals surface area (Å²) in [5, 5.41) is 6.54. The Morgan fingerprint density at radius 2 is 1.65 bits per heavy atom. The summed E-state index contributed by atoms with van der Waals surface area (Å²) in [5.41, 5.74) is 3.17. The van der Waals surface area contributed by atoms with Crippen LogP contribution in [-0.4, -0.2) is 27.6 Å². The number of hydrazone groups is 1. The molecule has 6 heteroatoms. The number of imide groups is 1. The monoisotopic (exact) mass is 473 g/mol. The molecule has 1 saturated heterocycles. The topological polar surface area (TPSA) is 54.7 Å². The van der Waals surface area contributed by atoms with Crippen molar-refractivity contribution in [2.24, 2.45) is 28.8 Å². The van der Waals surface area contributed by atoms with Crippen molar-refractivity contribution in [3.8, 4) is 0 Å². The highest BCUT2D eigenvalue weighted by molar-refractivity contribution is 9.10. The van der Waals surface area contributed by atoms with E-state index in [-0.39, 0.29) is 35.5 Å². The predicted molar refractivity (Wildman–Crippen MR) is 122 cm³/mol. The molecule has 154 valence electrons. The first-order valence-corrected chi connectivity index (χ1v) is 11.3. The van der Waals surface area contributed by atoms with E-state index in [0.717, 1.165) is 38.9 Å². The number of hydrogen-bond acceptors (Lipinski definition) is 3. The van der Waals surface area contributed by atoms with Crippen molar-refractivity contribution in [2.75, 3.05) is 0 Å². The van der Waals surface area contributed by atoms with Gasteiger partial charge in [0.25, 0.3) is 11.8 Å². The molecule has 4 atom stereocenters. The number of hydrogen-bond donors (Lipinski definition) is 0. The molecule has 2 fully saturated rings. The largest absolute Gasteiger partial charge is 0.342 e. The number of fused-ring (bicyclic) bond motifs is 6. The van der Waals surface area contributed by atoms with Gasteiger partial charge in [-0.1, -0.05) is 58.4 Å². The quantitative estimate of drug-likeness (QED) is 0.316. The molecule has 2 aliphatic carbocycles. The maximum Gasteiger partial charge on any atom is 0.254 e. The molecule has 3 aliphatic rings. The highest BCUT2D eigenvalue weighted by Crippen LogP contribution is 2.52. The lowest BCUT2D eigenvalue weighted by molar-refractivity contribution is -0.140. The van der Waals surface area contributed by atoms with E-state index in [4.69, 9.17) is 0 Å². The molecule has 2 aromatic carbocycles. The second kappa shape index (κ2) is 7.02. The van der Waals surface area contributed by atoms with Crippen molar-refractivity contribution >= 4 is 44.9 Å². The number of para-hydroxylation sites is 1. The first-order chi connectivity index (χ1) is 15.1. The normalized spacial score (nSPS) is 26.7. The zero-order chi connectivity index (χ0) is 21.1. The Labute approximate surface area is 188 Å². The number of carbonyl (C=O) groups excluding carboxylic acids is 2. The Balaban J connectivity index is 1.31. The van der Waals surface area contributed by atoms with E-state index in [2.05, 4.69) is 55.9 Å². The van der Waals surface area contributed by atoms with Gasteiger partial charge in [0.1, 0.15) is 0 Å². The van der Waals surface area contributed by atoms with E-state index < -0.39 is 0 Å². The fourth-order valence-electron chi connectivity index (χ4n) is 5.42. The number of benzene rings is 2.